The number of hydrogen-bond donors (Lipinski definition) is 2. The summed E-state index contributed by atoms with van der Waals surface area (Å²) in [6.45, 7) is 4.29. The zero-order valence-electron chi connectivity index (χ0n) is 11.0. The van der Waals surface area contributed by atoms with Gasteiger partial charge in [0.2, 0.25) is 0 Å². The Bertz CT molecular complexity index is 462. The molecule has 1 aromatic heterocycles. The molecule has 1 aromatic rings. The molecule has 0 spiro atoms. The summed E-state index contributed by atoms with van der Waals surface area (Å²) in [6.07, 6.45) is 3.60. The van der Waals surface area contributed by atoms with Crippen molar-refractivity contribution in [3.63, 3.8) is 0 Å². The van der Waals surface area contributed by atoms with Gasteiger partial charge in [0.05, 0.1) is 17.4 Å². The van der Waals surface area contributed by atoms with E-state index in [4.69, 9.17) is 15.6 Å². The van der Waals surface area contributed by atoms with Gasteiger partial charge in [0.15, 0.2) is 5.82 Å². The lowest BCUT2D eigenvalue weighted by atomic mass is 10.1. The lowest BCUT2D eigenvalue weighted by Crippen LogP contribution is -2.40. The van der Waals surface area contributed by atoms with Crippen LogP contribution < -0.4 is 10.6 Å². The maximum atomic E-state index is 10.8. The van der Waals surface area contributed by atoms with Crippen LogP contribution in [-0.4, -0.2) is 41.9 Å². The number of aromatic carboxylic acids is 1. The zero-order valence-corrected chi connectivity index (χ0v) is 11.0. The van der Waals surface area contributed by atoms with Crippen LogP contribution in [0.5, 0.6) is 0 Å². The van der Waals surface area contributed by atoms with E-state index in [2.05, 4.69) is 9.88 Å². The van der Waals surface area contributed by atoms with Crippen molar-refractivity contribution >= 4 is 17.5 Å². The molecule has 6 nitrogen and oxygen atoms in total. The average Bonchev–Trinajstić information content (AvgIpc) is 2.39. The third-order valence-corrected chi connectivity index (χ3v) is 3.22. The van der Waals surface area contributed by atoms with Crippen LogP contribution >= 0.6 is 0 Å². The number of nitrogens with zero attached hydrogens (tertiary/aromatic N) is 2. The van der Waals surface area contributed by atoms with Crippen LogP contribution in [0.4, 0.5) is 11.5 Å². The topological polar surface area (TPSA) is 88.7 Å². The van der Waals surface area contributed by atoms with E-state index < -0.39 is 5.97 Å². The second kappa shape index (κ2) is 5.88. The van der Waals surface area contributed by atoms with Crippen molar-refractivity contribution in [3.8, 4) is 0 Å². The Morgan fingerprint density at radius 2 is 2.47 bits per heavy atom. The molecule has 1 aliphatic heterocycles. The van der Waals surface area contributed by atoms with Gasteiger partial charge in [-0.1, -0.05) is 0 Å². The summed E-state index contributed by atoms with van der Waals surface area (Å²) in [5.74, 6) is -0.369. The Labute approximate surface area is 112 Å². The van der Waals surface area contributed by atoms with E-state index in [-0.39, 0.29) is 11.7 Å². The fourth-order valence-corrected chi connectivity index (χ4v) is 2.36. The normalized spacial score (nSPS) is 19.4. The number of pyridine rings is 1. The lowest BCUT2D eigenvalue weighted by molar-refractivity contribution is 0.0525. The average molecular weight is 265 g/mol. The Balaban J connectivity index is 2.15. The number of anilines is 2. The number of carboxylic acids is 1. The summed E-state index contributed by atoms with van der Waals surface area (Å²) in [5.41, 5.74) is 6.41. The molecule has 2 heterocycles. The van der Waals surface area contributed by atoms with Crippen molar-refractivity contribution in [2.24, 2.45) is 0 Å². The van der Waals surface area contributed by atoms with Crippen LogP contribution in [0.2, 0.25) is 0 Å². The summed E-state index contributed by atoms with van der Waals surface area (Å²) < 4.78 is 5.63. The standard InChI is InChI=1S/C13H19N3O3/c1-2-19-10-4-3-5-16(8-10)12-11(14)6-9(7-15-12)13(17)18/h6-7,10H,2-5,8,14H2,1H3,(H,17,18). The van der Waals surface area contributed by atoms with Crippen LogP contribution in [-0.2, 0) is 4.74 Å². The molecule has 0 aromatic carbocycles. The number of carboxylic acid groups (broad SMARTS) is 1. The maximum Gasteiger partial charge on any atom is 0.337 e. The molecule has 0 radical (unpaired) electrons. The minimum Gasteiger partial charge on any atom is -0.478 e. The van der Waals surface area contributed by atoms with Crippen molar-refractivity contribution in [1.29, 1.82) is 0 Å². The highest BCUT2D eigenvalue weighted by Gasteiger charge is 2.22. The first-order valence-electron chi connectivity index (χ1n) is 6.47. The van der Waals surface area contributed by atoms with Gasteiger partial charge in [-0.25, -0.2) is 9.78 Å². The molecule has 104 valence electrons. The third kappa shape index (κ3) is 3.14. The van der Waals surface area contributed by atoms with Crippen molar-refractivity contribution in [1.82, 2.24) is 4.98 Å². The summed E-state index contributed by atoms with van der Waals surface area (Å²) in [4.78, 5) is 17.1. The molecule has 0 saturated carbocycles. The Morgan fingerprint density at radius 1 is 1.68 bits per heavy atom. The minimum atomic E-state index is -1.02. The number of hydrogen-bond acceptors (Lipinski definition) is 5. The van der Waals surface area contributed by atoms with Crippen LogP contribution in [0.15, 0.2) is 12.3 Å². The number of aromatic nitrogens is 1. The molecular weight excluding hydrogens is 246 g/mol. The van der Waals surface area contributed by atoms with Gasteiger partial charge in [0.25, 0.3) is 0 Å². The molecule has 19 heavy (non-hydrogen) atoms. The number of nitrogen functional groups attached to an aromatic ring is 1. The monoisotopic (exact) mass is 265 g/mol. The molecule has 2 rings (SSSR count). The Kier molecular flexibility index (Phi) is 4.21. The van der Waals surface area contributed by atoms with E-state index in [1.54, 1.807) is 0 Å². The molecule has 1 saturated heterocycles. The minimum absolute atomic E-state index is 0.111. The van der Waals surface area contributed by atoms with Gasteiger partial charge in [0.1, 0.15) is 0 Å². The van der Waals surface area contributed by atoms with E-state index in [9.17, 15) is 4.79 Å². The van der Waals surface area contributed by atoms with Gasteiger partial charge in [-0.3, -0.25) is 0 Å². The highest BCUT2D eigenvalue weighted by atomic mass is 16.5. The number of carbonyl (C=O) groups is 1. The predicted molar refractivity (Wildman–Crippen MR) is 72.5 cm³/mol. The second-order valence-electron chi connectivity index (χ2n) is 4.61. The molecule has 0 aliphatic carbocycles. The first kappa shape index (κ1) is 13.6. The zero-order chi connectivity index (χ0) is 13.8. The molecule has 3 N–H and O–H groups in total. The van der Waals surface area contributed by atoms with Gasteiger partial charge in [-0.05, 0) is 25.8 Å². The van der Waals surface area contributed by atoms with Gasteiger partial charge >= 0.3 is 5.97 Å². The summed E-state index contributed by atoms with van der Waals surface area (Å²) in [5, 5.41) is 8.89. The highest BCUT2D eigenvalue weighted by molar-refractivity contribution is 5.89. The maximum absolute atomic E-state index is 10.8. The van der Waals surface area contributed by atoms with Crippen molar-refractivity contribution in [3.05, 3.63) is 17.8 Å². The molecule has 0 bridgehead atoms. The fraction of sp³-hybridized carbons (Fsp3) is 0.538. The van der Waals surface area contributed by atoms with E-state index in [0.717, 1.165) is 25.9 Å². The molecular formula is C13H19N3O3. The number of piperidine rings is 1. The highest BCUT2D eigenvalue weighted by Crippen LogP contribution is 2.25. The summed E-state index contributed by atoms with van der Waals surface area (Å²) >= 11 is 0. The molecule has 1 fully saturated rings. The molecule has 1 aliphatic rings. The smallest absolute Gasteiger partial charge is 0.337 e. The molecule has 0 amide bonds. The quantitative estimate of drug-likeness (QED) is 0.854. The van der Waals surface area contributed by atoms with Crippen LogP contribution in [0.3, 0.4) is 0 Å². The Morgan fingerprint density at radius 3 is 3.11 bits per heavy atom. The number of ether oxygens (including phenoxy) is 1. The van der Waals surface area contributed by atoms with Crippen LogP contribution in [0, 0.1) is 0 Å². The molecule has 1 unspecified atom stereocenters. The SMILES string of the molecule is CCOC1CCCN(c2ncc(C(=O)O)cc2N)C1. The third-order valence-electron chi connectivity index (χ3n) is 3.22. The number of nitrogens with two attached hydrogens (primary N) is 1. The second-order valence-corrected chi connectivity index (χ2v) is 4.61. The van der Waals surface area contributed by atoms with Gasteiger partial charge in [-0.2, -0.15) is 0 Å². The lowest BCUT2D eigenvalue weighted by Gasteiger charge is -2.33. The largest absolute Gasteiger partial charge is 0.478 e. The first-order valence-corrected chi connectivity index (χ1v) is 6.47. The first-order chi connectivity index (χ1) is 9.11. The van der Waals surface area contributed by atoms with Gasteiger partial charge < -0.3 is 20.5 Å². The van der Waals surface area contributed by atoms with Crippen LogP contribution in [0.1, 0.15) is 30.1 Å². The number of rotatable bonds is 4. The van der Waals surface area contributed by atoms with Gasteiger partial charge in [-0.15, -0.1) is 0 Å². The van der Waals surface area contributed by atoms with Crippen molar-refractivity contribution in [2.45, 2.75) is 25.9 Å². The van der Waals surface area contributed by atoms with Crippen LogP contribution in [0.25, 0.3) is 0 Å². The van der Waals surface area contributed by atoms with E-state index in [1.807, 2.05) is 6.92 Å². The van der Waals surface area contributed by atoms with Crippen molar-refractivity contribution < 1.29 is 14.6 Å². The predicted octanol–water partition coefficient (Wildman–Crippen LogP) is 1.37. The molecule has 6 heteroatoms. The summed E-state index contributed by atoms with van der Waals surface area (Å²) in [6, 6.07) is 1.45. The Hall–Kier alpha value is -1.82. The van der Waals surface area contributed by atoms with Gasteiger partial charge in [0, 0.05) is 25.9 Å². The summed E-state index contributed by atoms with van der Waals surface area (Å²) in [7, 11) is 0. The van der Waals surface area contributed by atoms with E-state index in [1.165, 1.54) is 12.3 Å². The van der Waals surface area contributed by atoms with E-state index >= 15 is 0 Å². The fourth-order valence-electron chi connectivity index (χ4n) is 2.36. The van der Waals surface area contributed by atoms with Crippen molar-refractivity contribution in [2.75, 3.05) is 30.3 Å². The van der Waals surface area contributed by atoms with E-state index in [0.29, 0.717) is 18.1 Å². The molecule has 1 atom stereocenters.